The lowest BCUT2D eigenvalue weighted by molar-refractivity contribution is -0.122. The van der Waals surface area contributed by atoms with Crippen molar-refractivity contribution < 1.29 is 4.79 Å². The average molecular weight is 247 g/mol. The third-order valence-corrected chi connectivity index (χ3v) is 3.78. The molecule has 0 heterocycles. The monoisotopic (exact) mass is 246 g/mol. The highest BCUT2D eigenvalue weighted by Crippen LogP contribution is 2.38. The highest BCUT2D eigenvalue weighted by Gasteiger charge is 2.34. The van der Waals surface area contributed by atoms with Crippen LogP contribution in [0.15, 0.2) is 0 Å². The summed E-state index contributed by atoms with van der Waals surface area (Å²) in [5, 5.41) is -0.104. The average Bonchev–Trinajstić information content (AvgIpc) is 2.24. The van der Waals surface area contributed by atoms with E-state index in [-0.39, 0.29) is 10.7 Å². The molecule has 0 N–H and O–H groups in total. The molecule has 0 rings (SSSR count). The largest absolute Gasteiger partial charge is 0.281 e. The molecule has 0 aliphatic carbocycles. The normalized spacial score (nSPS) is 11.8. The van der Waals surface area contributed by atoms with Gasteiger partial charge in [0.1, 0.15) is 0 Å². The van der Waals surface area contributed by atoms with Crippen LogP contribution in [-0.2, 0) is 4.79 Å². The smallest absolute Gasteiger partial charge is 0.227 e. The van der Waals surface area contributed by atoms with Crippen LogP contribution in [0.1, 0.15) is 78.6 Å². The molecule has 0 aliphatic heterocycles. The van der Waals surface area contributed by atoms with Crippen molar-refractivity contribution in [1.29, 1.82) is 0 Å². The Morgan fingerprint density at radius 2 is 1.44 bits per heavy atom. The van der Waals surface area contributed by atoms with Gasteiger partial charge in [-0.3, -0.25) is 4.79 Å². The van der Waals surface area contributed by atoms with Crippen molar-refractivity contribution in [3.05, 3.63) is 0 Å². The molecule has 1 nitrogen and oxygen atoms in total. The van der Waals surface area contributed by atoms with Crippen molar-refractivity contribution in [3.8, 4) is 0 Å². The molecular weight excluding hydrogens is 220 g/mol. The Morgan fingerprint density at radius 1 is 0.875 bits per heavy atom. The fourth-order valence-electron chi connectivity index (χ4n) is 2.52. The summed E-state index contributed by atoms with van der Waals surface area (Å²) in [5.41, 5.74) is -0.223. The van der Waals surface area contributed by atoms with Crippen LogP contribution in [0.2, 0.25) is 0 Å². The van der Waals surface area contributed by atoms with Crippen molar-refractivity contribution in [3.63, 3.8) is 0 Å². The van der Waals surface area contributed by atoms with Crippen LogP contribution >= 0.6 is 11.6 Å². The SMILES string of the molecule is CCCCCCC(CCC)(CCC)C(=O)Cl. The fraction of sp³-hybridized carbons (Fsp3) is 0.929. The second-order valence-corrected chi connectivity index (χ2v) is 5.21. The van der Waals surface area contributed by atoms with E-state index in [0.29, 0.717) is 0 Å². The molecule has 0 bridgehead atoms. The number of unbranched alkanes of at least 4 members (excludes halogenated alkanes) is 3. The van der Waals surface area contributed by atoms with E-state index in [1.807, 2.05) is 0 Å². The quantitative estimate of drug-likeness (QED) is 0.377. The van der Waals surface area contributed by atoms with Crippen molar-refractivity contribution in [2.24, 2.45) is 5.41 Å². The van der Waals surface area contributed by atoms with Gasteiger partial charge in [0, 0.05) is 5.41 Å². The van der Waals surface area contributed by atoms with E-state index in [4.69, 9.17) is 11.6 Å². The van der Waals surface area contributed by atoms with Gasteiger partial charge in [-0.15, -0.1) is 0 Å². The van der Waals surface area contributed by atoms with E-state index in [0.717, 1.165) is 38.5 Å². The Morgan fingerprint density at radius 3 is 1.81 bits per heavy atom. The topological polar surface area (TPSA) is 17.1 Å². The Balaban J connectivity index is 4.30. The summed E-state index contributed by atoms with van der Waals surface area (Å²) in [6.07, 6.45) is 9.87. The maximum atomic E-state index is 11.7. The maximum Gasteiger partial charge on any atom is 0.227 e. The van der Waals surface area contributed by atoms with Crippen molar-refractivity contribution in [2.75, 3.05) is 0 Å². The molecule has 0 atom stereocenters. The molecular formula is C14H27ClO. The van der Waals surface area contributed by atoms with Gasteiger partial charge in [0.25, 0.3) is 0 Å². The molecule has 0 aromatic heterocycles. The molecule has 0 spiro atoms. The molecule has 16 heavy (non-hydrogen) atoms. The van der Waals surface area contributed by atoms with Crippen molar-refractivity contribution >= 4 is 16.8 Å². The van der Waals surface area contributed by atoms with Crippen LogP contribution < -0.4 is 0 Å². The lowest BCUT2D eigenvalue weighted by Crippen LogP contribution is -2.27. The van der Waals surface area contributed by atoms with Gasteiger partial charge in [-0.25, -0.2) is 0 Å². The van der Waals surface area contributed by atoms with Gasteiger partial charge < -0.3 is 0 Å². The summed E-state index contributed by atoms with van der Waals surface area (Å²) >= 11 is 5.83. The van der Waals surface area contributed by atoms with Crippen LogP contribution in [0.4, 0.5) is 0 Å². The summed E-state index contributed by atoms with van der Waals surface area (Å²) in [5.74, 6) is 0. The Hall–Kier alpha value is -0.0400. The van der Waals surface area contributed by atoms with Crippen LogP contribution in [-0.4, -0.2) is 5.24 Å². The number of halogens is 1. The van der Waals surface area contributed by atoms with Gasteiger partial charge >= 0.3 is 0 Å². The Kier molecular flexibility index (Phi) is 9.02. The molecule has 0 saturated carbocycles. The molecule has 0 saturated heterocycles. The second-order valence-electron chi connectivity index (χ2n) is 4.86. The highest BCUT2D eigenvalue weighted by atomic mass is 35.5. The third-order valence-electron chi connectivity index (χ3n) is 3.38. The number of hydrogen-bond donors (Lipinski definition) is 0. The standard InChI is InChI=1S/C14H27ClO/c1-4-7-8-9-12-14(10-5-2,11-6-3)13(15)16/h4-12H2,1-3H3. The summed E-state index contributed by atoms with van der Waals surface area (Å²) < 4.78 is 0. The first-order chi connectivity index (χ1) is 7.63. The zero-order valence-electron chi connectivity index (χ0n) is 11.2. The second kappa shape index (κ2) is 9.04. The maximum absolute atomic E-state index is 11.7. The molecule has 0 aromatic rings. The van der Waals surface area contributed by atoms with Crippen LogP contribution in [0.3, 0.4) is 0 Å². The van der Waals surface area contributed by atoms with E-state index in [2.05, 4.69) is 20.8 Å². The Bertz CT molecular complexity index is 183. The van der Waals surface area contributed by atoms with Gasteiger partial charge in [0.05, 0.1) is 0 Å². The Labute approximate surface area is 106 Å². The minimum atomic E-state index is -0.223. The van der Waals surface area contributed by atoms with Crippen molar-refractivity contribution in [2.45, 2.75) is 78.6 Å². The molecule has 0 aromatic carbocycles. The van der Waals surface area contributed by atoms with Gasteiger partial charge in [-0.05, 0) is 30.9 Å². The predicted octanol–water partition coefficient (Wildman–Crippen LogP) is 5.31. The van der Waals surface area contributed by atoms with E-state index in [1.54, 1.807) is 0 Å². The molecule has 0 fully saturated rings. The van der Waals surface area contributed by atoms with E-state index in [1.165, 1.54) is 19.3 Å². The van der Waals surface area contributed by atoms with Crippen LogP contribution in [0, 0.1) is 5.41 Å². The van der Waals surface area contributed by atoms with Gasteiger partial charge in [0.15, 0.2) is 0 Å². The zero-order chi connectivity index (χ0) is 12.4. The number of rotatable bonds is 10. The van der Waals surface area contributed by atoms with Crippen LogP contribution in [0.5, 0.6) is 0 Å². The number of hydrogen-bond acceptors (Lipinski definition) is 1. The first-order valence-corrected chi connectivity index (χ1v) is 7.20. The zero-order valence-corrected chi connectivity index (χ0v) is 11.9. The van der Waals surface area contributed by atoms with Crippen LogP contribution in [0.25, 0.3) is 0 Å². The van der Waals surface area contributed by atoms with Gasteiger partial charge in [0.2, 0.25) is 5.24 Å². The van der Waals surface area contributed by atoms with Gasteiger partial charge in [-0.1, -0.05) is 59.3 Å². The minimum absolute atomic E-state index is 0.104. The summed E-state index contributed by atoms with van der Waals surface area (Å²) in [7, 11) is 0. The number of carbonyl (C=O) groups is 1. The van der Waals surface area contributed by atoms with Gasteiger partial charge in [-0.2, -0.15) is 0 Å². The minimum Gasteiger partial charge on any atom is -0.281 e. The molecule has 2 heteroatoms. The molecule has 0 unspecified atom stereocenters. The molecule has 0 aliphatic rings. The van der Waals surface area contributed by atoms with E-state index >= 15 is 0 Å². The molecule has 96 valence electrons. The number of carbonyl (C=O) groups excluding carboxylic acids is 1. The summed E-state index contributed by atoms with van der Waals surface area (Å²) in [4.78, 5) is 11.7. The molecule has 0 radical (unpaired) electrons. The fourth-order valence-corrected chi connectivity index (χ4v) is 2.80. The van der Waals surface area contributed by atoms with Crippen molar-refractivity contribution in [1.82, 2.24) is 0 Å². The highest BCUT2D eigenvalue weighted by molar-refractivity contribution is 6.64. The first kappa shape index (κ1) is 16.0. The summed E-state index contributed by atoms with van der Waals surface area (Å²) in [6.45, 7) is 6.48. The lowest BCUT2D eigenvalue weighted by atomic mass is 9.76. The summed E-state index contributed by atoms with van der Waals surface area (Å²) in [6, 6.07) is 0. The first-order valence-electron chi connectivity index (χ1n) is 6.83. The van der Waals surface area contributed by atoms with E-state index in [9.17, 15) is 4.79 Å². The van der Waals surface area contributed by atoms with E-state index < -0.39 is 0 Å². The predicted molar refractivity (Wildman–Crippen MR) is 71.9 cm³/mol. The lowest BCUT2D eigenvalue weighted by Gasteiger charge is -2.29. The molecule has 0 amide bonds. The third kappa shape index (κ3) is 5.34.